The maximum absolute atomic E-state index is 12.2. The van der Waals surface area contributed by atoms with Crippen molar-refractivity contribution in [1.29, 1.82) is 0 Å². The SMILES string of the molecule is O=C(OCc1ncc(-c2ccccc2)o1)c1csc(-c2cccc(Cl)c2)n1. The maximum Gasteiger partial charge on any atom is 0.358 e. The predicted molar refractivity (Wildman–Crippen MR) is 104 cm³/mol. The third kappa shape index (κ3) is 4.07. The fraction of sp³-hybridized carbons (Fsp3) is 0.0500. The van der Waals surface area contributed by atoms with Gasteiger partial charge in [-0.2, -0.15) is 0 Å². The summed E-state index contributed by atoms with van der Waals surface area (Å²) in [5, 5.41) is 2.97. The van der Waals surface area contributed by atoms with Crippen LogP contribution < -0.4 is 0 Å². The van der Waals surface area contributed by atoms with Crippen LogP contribution in [0.5, 0.6) is 0 Å². The van der Waals surface area contributed by atoms with E-state index in [4.69, 9.17) is 20.8 Å². The second-order valence-electron chi connectivity index (χ2n) is 5.61. The Labute approximate surface area is 164 Å². The number of halogens is 1. The van der Waals surface area contributed by atoms with Crippen molar-refractivity contribution in [3.05, 3.63) is 82.8 Å². The third-order valence-electron chi connectivity index (χ3n) is 3.72. The molecule has 0 spiro atoms. The molecule has 0 radical (unpaired) electrons. The molecule has 0 aliphatic heterocycles. The summed E-state index contributed by atoms with van der Waals surface area (Å²) in [5.74, 6) is 0.421. The normalized spacial score (nSPS) is 10.7. The van der Waals surface area contributed by atoms with Gasteiger partial charge >= 0.3 is 5.97 Å². The van der Waals surface area contributed by atoms with Crippen molar-refractivity contribution in [3.63, 3.8) is 0 Å². The summed E-state index contributed by atoms with van der Waals surface area (Å²) in [4.78, 5) is 20.7. The second kappa shape index (κ2) is 7.73. The first-order valence-corrected chi connectivity index (χ1v) is 9.33. The summed E-state index contributed by atoms with van der Waals surface area (Å²) >= 11 is 7.35. The lowest BCUT2D eigenvalue weighted by Crippen LogP contribution is -2.05. The molecule has 0 saturated carbocycles. The molecular formula is C20H13ClN2O3S. The molecule has 0 saturated heterocycles. The summed E-state index contributed by atoms with van der Waals surface area (Å²) in [6.45, 7) is -0.0598. The van der Waals surface area contributed by atoms with Crippen molar-refractivity contribution >= 4 is 28.9 Å². The number of carbonyl (C=O) groups excluding carboxylic acids is 1. The first kappa shape index (κ1) is 17.5. The fourth-order valence-corrected chi connectivity index (χ4v) is 3.41. The van der Waals surface area contributed by atoms with Gasteiger partial charge < -0.3 is 9.15 Å². The maximum atomic E-state index is 12.2. The molecule has 2 aromatic carbocycles. The second-order valence-corrected chi connectivity index (χ2v) is 6.90. The van der Waals surface area contributed by atoms with Gasteiger partial charge in [-0.3, -0.25) is 0 Å². The van der Waals surface area contributed by atoms with E-state index < -0.39 is 5.97 Å². The van der Waals surface area contributed by atoms with E-state index in [2.05, 4.69) is 9.97 Å². The molecule has 4 rings (SSSR count). The van der Waals surface area contributed by atoms with Crippen molar-refractivity contribution in [1.82, 2.24) is 9.97 Å². The van der Waals surface area contributed by atoms with Gasteiger partial charge in [0.25, 0.3) is 0 Å². The minimum Gasteiger partial charge on any atom is -0.451 e. The lowest BCUT2D eigenvalue weighted by molar-refractivity contribution is 0.0433. The quantitative estimate of drug-likeness (QED) is 0.418. The molecule has 134 valence electrons. The van der Waals surface area contributed by atoms with Crippen LogP contribution in [-0.4, -0.2) is 15.9 Å². The van der Waals surface area contributed by atoms with Crippen molar-refractivity contribution < 1.29 is 13.9 Å². The Bertz CT molecular complexity index is 1080. The minimum atomic E-state index is -0.529. The Kier molecular flexibility index (Phi) is 5.00. The van der Waals surface area contributed by atoms with E-state index >= 15 is 0 Å². The highest BCUT2D eigenvalue weighted by Crippen LogP contribution is 2.26. The molecule has 0 N–H and O–H groups in total. The first-order valence-electron chi connectivity index (χ1n) is 8.08. The van der Waals surface area contributed by atoms with Crippen LogP contribution >= 0.6 is 22.9 Å². The summed E-state index contributed by atoms with van der Waals surface area (Å²) in [5.41, 5.74) is 2.00. The van der Waals surface area contributed by atoms with E-state index in [1.54, 1.807) is 23.7 Å². The number of hydrogen-bond acceptors (Lipinski definition) is 6. The number of carbonyl (C=O) groups is 1. The number of oxazole rings is 1. The van der Waals surface area contributed by atoms with Crippen LogP contribution in [0.4, 0.5) is 0 Å². The Hall–Kier alpha value is -2.96. The molecule has 0 aliphatic carbocycles. The van der Waals surface area contributed by atoms with E-state index in [9.17, 15) is 4.79 Å². The summed E-state index contributed by atoms with van der Waals surface area (Å²) in [6, 6.07) is 16.9. The molecule has 0 atom stereocenters. The monoisotopic (exact) mass is 396 g/mol. The molecule has 2 heterocycles. The molecule has 7 heteroatoms. The predicted octanol–water partition coefficient (Wildman–Crippen LogP) is 5.48. The van der Waals surface area contributed by atoms with Crippen molar-refractivity contribution in [2.24, 2.45) is 0 Å². The first-order chi connectivity index (χ1) is 13.2. The highest BCUT2D eigenvalue weighted by molar-refractivity contribution is 7.13. The smallest absolute Gasteiger partial charge is 0.358 e. The van der Waals surface area contributed by atoms with Gasteiger partial charge in [0.2, 0.25) is 5.89 Å². The molecule has 5 nitrogen and oxygen atoms in total. The van der Waals surface area contributed by atoms with Gasteiger partial charge in [0, 0.05) is 21.5 Å². The molecule has 0 unspecified atom stereocenters. The summed E-state index contributed by atoms with van der Waals surface area (Å²) < 4.78 is 10.9. The number of thiazole rings is 1. The number of hydrogen-bond donors (Lipinski definition) is 0. The average molecular weight is 397 g/mol. The van der Waals surface area contributed by atoms with Gasteiger partial charge in [0.05, 0.1) is 6.20 Å². The van der Waals surface area contributed by atoms with Crippen LogP contribution in [0.25, 0.3) is 21.9 Å². The molecule has 0 bridgehead atoms. The topological polar surface area (TPSA) is 65.2 Å². The number of aromatic nitrogens is 2. The van der Waals surface area contributed by atoms with Gasteiger partial charge in [0.15, 0.2) is 18.1 Å². The standard InChI is InChI=1S/C20H13ClN2O3S/c21-15-8-4-7-14(9-15)19-23-16(12-27-19)20(24)25-11-18-22-10-17(26-18)13-5-2-1-3-6-13/h1-10,12H,11H2. The largest absolute Gasteiger partial charge is 0.451 e. The number of esters is 1. The minimum absolute atomic E-state index is 0.0598. The van der Waals surface area contributed by atoms with Crippen LogP contribution in [0.2, 0.25) is 5.02 Å². The molecular weight excluding hydrogens is 384 g/mol. The molecule has 4 aromatic rings. The lowest BCUT2D eigenvalue weighted by Gasteiger charge is -2.00. The zero-order valence-corrected chi connectivity index (χ0v) is 15.5. The third-order valence-corrected chi connectivity index (χ3v) is 4.85. The Balaban J connectivity index is 1.41. The van der Waals surface area contributed by atoms with E-state index in [0.717, 1.165) is 11.1 Å². The number of rotatable bonds is 5. The Morgan fingerprint density at radius 2 is 1.93 bits per heavy atom. The number of nitrogens with zero attached hydrogens (tertiary/aromatic N) is 2. The van der Waals surface area contributed by atoms with Gasteiger partial charge in [-0.25, -0.2) is 14.8 Å². The Morgan fingerprint density at radius 3 is 2.74 bits per heavy atom. The van der Waals surface area contributed by atoms with Gasteiger partial charge in [-0.15, -0.1) is 11.3 Å². The molecule has 0 amide bonds. The number of ether oxygens (including phenoxy) is 1. The molecule has 2 aromatic heterocycles. The van der Waals surface area contributed by atoms with E-state index in [1.165, 1.54) is 11.3 Å². The highest BCUT2D eigenvalue weighted by atomic mass is 35.5. The van der Waals surface area contributed by atoms with Crippen LogP contribution in [0.1, 0.15) is 16.4 Å². The van der Waals surface area contributed by atoms with Gasteiger partial charge in [-0.1, -0.05) is 54.1 Å². The van der Waals surface area contributed by atoms with Crippen molar-refractivity contribution in [3.8, 4) is 21.9 Å². The number of benzene rings is 2. The summed E-state index contributed by atoms with van der Waals surface area (Å²) in [7, 11) is 0. The molecule has 0 aliphatic rings. The zero-order valence-electron chi connectivity index (χ0n) is 14.0. The van der Waals surface area contributed by atoms with Crippen LogP contribution in [0, 0.1) is 0 Å². The zero-order chi connectivity index (χ0) is 18.6. The van der Waals surface area contributed by atoms with E-state index in [-0.39, 0.29) is 12.3 Å². The highest BCUT2D eigenvalue weighted by Gasteiger charge is 2.15. The molecule has 0 fully saturated rings. The van der Waals surface area contributed by atoms with Gasteiger partial charge in [0.1, 0.15) is 5.01 Å². The van der Waals surface area contributed by atoms with E-state index in [0.29, 0.717) is 21.7 Å². The van der Waals surface area contributed by atoms with Crippen LogP contribution in [-0.2, 0) is 11.3 Å². The van der Waals surface area contributed by atoms with Crippen LogP contribution in [0.15, 0.2) is 70.6 Å². The van der Waals surface area contributed by atoms with Gasteiger partial charge in [-0.05, 0) is 12.1 Å². The van der Waals surface area contributed by atoms with Crippen molar-refractivity contribution in [2.75, 3.05) is 0 Å². The van der Waals surface area contributed by atoms with Crippen molar-refractivity contribution in [2.45, 2.75) is 6.61 Å². The lowest BCUT2D eigenvalue weighted by atomic mass is 10.2. The average Bonchev–Trinajstić information content (AvgIpc) is 3.37. The van der Waals surface area contributed by atoms with Crippen LogP contribution in [0.3, 0.4) is 0 Å². The summed E-state index contributed by atoms with van der Waals surface area (Å²) in [6.07, 6.45) is 1.61. The Morgan fingerprint density at radius 1 is 1.11 bits per heavy atom. The fourth-order valence-electron chi connectivity index (χ4n) is 2.44. The van der Waals surface area contributed by atoms with E-state index in [1.807, 2.05) is 42.5 Å². The molecule has 27 heavy (non-hydrogen) atoms.